The van der Waals surface area contributed by atoms with Gasteiger partial charge in [-0.3, -0.25) is 4.79 Å². The molecule has 0 saturated carbocycles. The van der Waals surface area contributed by atoms with Gasteiger partial charge in [0.2, 0.25) is 0 Å². The molecule has 2 aromatic carbocycles. The Balaban J connectivity index is 1.90. The third-order valence-corrected chi connectivity index (χ3v) is 3.36. The van der Waals surface area contributed by atoms with E-state index in [1.807, 2.05) is 0 Å². The summed E-state index contributed by atoms with van der Waals surface area (Å²) in [7, 11) is 1.57. The van der Waals surface area contributed by atoms with E-state index in [0.717, 1.165) is 0 Å². The predicted molar refractivity (Wildman–Crippen MR) is 92.0 cm³/mol. The van der Waals surface area contributed by atoms with Crippen LogP contribution in [0.3, 0.4) is 0 Å². The van der Waals surface area contributed by atoms with Crippen molar-refractivity contribution in [3.8, 4) is 17.2 Å². The van der Waals surface area contributed by atoms with E-state index < -0.39 is 5.91 Å². The molecule has 0 bridgehead atoms. The number of amides is 1. The summed E-state index contributed by atoms with van der Waals surface area (Å²) in [6.45, 7) is 1.46. The Morgan fingerprint density at radius 2 is 1.88 bits per heavy atom. The molecule has 0 heterocycles. The number of aromatic hydroxyl groups is 1. The number of rotatable bonds is 6. The van der Waals surface area contributed by atoms with Gasteiger partial charge in [0.05, 0.1) is 12.8 Å². The zero-order chi connectivity index (χ0) is 17.5. The van der Waals surface area contributed by atoms with Crippen molar-refractivity contribution in [2.24, 2.45) is 5.10 Å². The third kappa shape index (κ3) is 4.89. The Labute approximate surface area is 144 Å². The molecule has 2 N–H and O–H groups in total. The lowest BCUT2D eigenvalue weighted by Crippen LogP contribution is -2.25. The van der Waals surface area contributed by atoms with Crippen LogP contribution in [0.5, 0.6) is 17.2 Å². The van der Waals surface area contributed by atoms with Crippen LogP contribution in [0.15, 0.2) is 47.6 Å². The summed E-state index contributed by atoms with van der Waals surface area (Å²) in [5.74, 6) is 0.851. The first kappa shape index (κ1) is 17.6. The molecule has 0 aliphatic heterocycles. The average Bonchev–Trinajstić information content (AvgIpc) is 2.60. The second-order valence-electron chi connectivity index (χ2n) is 4.86. The minimum Gasteiger partial charge on any atom is -0.507 e. The van der Waals surface area contributed by atoms with E-state index in [0.29, 0.717) is 27.8 Å². The highest BCUT2D eigenvalue weighted by molar-refractivity contribution is 6.31. The van der Waals surface area contributed by atoms with Crippen LogP contribution in [0.4, 0.5) is 0 Å². The number of hydrogen-bond acceptors (Lipinski definition) is 5. The van der Waals surface area contributed by atoms with Crippen molar-refractivity contribution in [2.75, 3.05) is 13.7 Å². The fraction of sp³-hybridized carbons (Fsp3) is 0.176. The molecule has 0 radical (unpaired) electrons. The maximum Gasteiger partial charge on any atom is 0.277 e. The van der Waals surface area contributed by atoms with Gasteiger partial charge in [0.15, 0.2) is 6.61 Å². The fourth-order valence-corrected chi connectivity index (χ4v) is 2.03. The number of carbonyl (C=O) groups excluding carboxylic acids is 1. The summed E-state index contributed by atoms with van der Waals surface area (Å²) in [6.07, 6.45) is 0. The molecule has 0 aliphatic carbocycles. The van der Waals surface area contributed by atoms with Crippen molar-refractivity contribution in [1.82, 2.24) is 5.43 Å². The van der Waals surface area contributed by atoms with Crippen LogP contribution < -0.4 is 14.9 Å². The highest BCUT2D eigenvalue weighted by atomic mass is 35.5. The molecule has 0 aliphatic rings. The molecule has 0 fully saturated rings. The lowest BCUT2D eigenvalue weighted by Gasteiger charge is -2.07. The van der Waals surface area contributed by atoms with E-state index in [-0.39, 0.29) is 12.4 Å². The molecule has 1 amide bonds. The zero-order valence-corrected chi connectivity index (χ0v) is 14.0. The highest BCUT2D eigenvalue weighted by Crippen LogP contribution is 2.22. The molecule has 126 valence electrons. The number of halogens is 1. The monoisotopic (exact) mass is 348 g/mol. The van der Waals surface area contributed by atoms with Crippen molar-refractivity contribution >= 4 is 23.2 Å². The quantitative estimate of drug-likeness (QED) is 0.621. The lowest BCUT2D eigenvalue weighted by atomic mass is 10.1. The lowest BCUT2D eigenvalue weighted by molar-refractivity contribution is -0.123. The molecule has 2 rings (SSSR count). The molecule has 0 spiro atoms. The number of ether oxygens (including phenoxy) is 2. The number of nitrogens with one attached hydrogen (secondary N) is 1. The Bertz CT molecular complexity index is 745. The maximum absolute atomic E-state index is 11.8. The number of nitrogens with zero attached hydrogens (tertiary/aromatic N) is 1. The number of phenolic OH excluding ortho intramolecular Hbond substituents is 1. The largest absolute Gasteiger partial charge is 0.507 e. The third-order valence-electron chi connectivity index (χ3n) is 3.13. The molecule has 0 atom stereocenters. The van der Waals surface area contributed by atoms with Crippen LogP contribution in [-0.4, -0.2) is 30.4 Å². The van der Waals surface area contributed by atoms with Crippen molar-refractivity contribution in [1.29, 1.82) is 0 Å². The second-order valence-corrected chi connectivity index (χ2v) is 5.29. The molecule has 2 aromatic rings. The second kappa shape index (κ2) is 8.21. The first-order valence-corrected chi connectivity index (χ1v) is 7.46. The average molecular weight is 349 g/mol. The summed E-state index contributed by atoms with van der Waals surface area (Å²) in [5, 5.41) is 14.2. The Morgan fingerprint density at radius 3 is 2.54 bits per heavy atom. The van der Waals surface area contributed by atoms with Gasteiger partial charge in [-0.2, -0.15) is 5.10 Å². The van der Waals surface area contributed by atoms with Crippen molar-refractivity contribution in [2.45, 2.75) is 6.92 Å². The van der Waals surface area contributed by atoms with Gasteiger partial charge in [-0.1, -0.05) is 11.6 Å². The molecular formula is C17H17ClN2O4. The smallest absolute Gasteiger partial charge is 0.277 e. The van der Waals surface area contributed by atoms with Crippen LogP contribution in [0.2, 0.25) is 5.02 Å². The van der Waals surface area contributed by atoms with E-state index in [1.54, 1.807) is 50.4 Å². The van der Waals surface area contributed by atoms with E-state index in [9.17, 15) is 9.90 Å². The van der Waals surface area contributed by atoms with E-state index in [4.69, 9.17) is 21.1 Å². The van der Waals surface area contributed by atoms with Gasteiger partial charge in [0, 0.05) is 10.6 Å². The van der Waals surface area contributed by atoms with Crippen LogP contribution in [0, 0.1) is 0 Å². The topological polar surface area (TPSA) is 80.2 Å². The predicted octanol–water partition coefficient (Wildman–Crippen LogP) is 2.97. The molecule has 7 heteroatoms. The van der Waals surface area contributed by atoms with Gasteiger partial charge >= 0.3 is 0 Å². The number of hydrazone groups is 1. The van der Waals surface area contributed by atoms with E-state index in [1.165, 1.54) is 6.07 Å². The minimum absolute atomic E-state index is 0.0318. The van der Waals surface area contributed by atoms with Gasteiger partial charge < -0.3 is 14.6 Å². The van der Waals surface area contributed by atoms with Crippen molar-refractivity contribution in [3.05, 3.63) is 53.1 Å². The van der Waals surface area contributed by atoms with E-state index >= 15 is 0 Å². The first-order valence-electron chi connectivity index (χ1n) is 7.08. The normalized spacial score (nSPS) is 11.0. The van der Waals surface area contributed by atoms with E-state index in [2.05, 4.69) is 10.5 Å². The van der Waals surface area contributed by atoms with Crippen molar-refractivity contribution in [3.63, 3.8) is 0 Å². The van der Waals surface area contributed by atoms with Crippen molar-refractivity contribution < 1.29 is 19.4 Å². The fourth-order valence-electron chi connectivity index (χ4n) is 1.86. The Morgan fingerprint density at radius 1 is 1.21 bits per heavy atom. The number of methoxy groups -OCH3 is 1. The molecule has 24 heavy (non-hydrogen) atoms. The molecule has 0 saturated heterocycles. The zero-order valence-electron chi connectivity index (χ0n) is 13.2. The van der Waals surface area contributed by atoms with Crippen LogP contribution in [0.25, 0.3) is 0 Å². The van der Waals surface area contributed by atoms with Gasteiger partial charge in [0.1, 0.15) is 17.2 Å². The number of hydrogen-bond donors (Lipinski definition) is 2. The molecule has 0 aromatic heterocycles. The summed E-state index contributed by atoms with van der Waals surface area (Å²) < 4.78 is 10.4. The number of benzene rings is 2. The summed E-state index contributed by atoms with van der Waals surface area (Å²) in [6, 6.07) is 11.5. The molecule has 0 unspecified atom stereocenters. The standard InChI is InChI=1S/C17H17ClN2O4/c1-11(15-9-12(18)3-8-16(15)21)19-20-17(22)10-24-14-6-4-13(23-2)5-7-14/h3-9,21H,10H2,1-2H3,(H,20,22)/b19-11+. The Hall–Kier alpha value is -2.73. The Kier molecular flexibility index (Phi) is 6.03. The summed E-state index contributed by atoms with van der Waals surface area (Å²) in [4.78, 5) is 11.8. The van der Waals surface area contributed by atoms with Gasteiger partial charge in [-0.25, -0.2) is 5.43 Å². The molecular weight excluding hydrogens is 332 g/mol. The van der Waals surface area contributed by atoms with Gasteiger partial charge in [0.25, 0.3) is 5.91 Å². The summed E-state index contributed by atoms with van der Waals surface area (Å²) >= 11 is 5.88. The number of phenols is 1. The first-order chi connectivity index (χ1) is 11.5. The minimum atomic E-state index is -0.424. The SMILES string of the molecule is COc1ccc(OCC(=O)N/N=C(\C)c2cc(Cl)ccc2O)cc1. The number of carbonyl (C=O) groups is 1. The van der Waals surface area contributed by atoms with Gasteiger partial charge in [-0.15, -0.1) is 0 Å². The highest BCUT2D eigenvalue weighted by Gasteiger charge is 2.07. The molecule has 6 nitrogen and oxygen atoms in total. The maximum atomic E-state index is 11.8. The van der Waals surface area contributed by atoms with Crippen LogP contribution in [-0.2, 0) is 4.79 Å². The van der Waals surface area contributed by atoms with Gasteiger partial charge in [-0.05, 0) is 49.4 Å². The summed E-state index contributed by atoms with van der Waals surface area (Å²) in [5.41, 5.74) is 3.23. The van der Waals surface area contributed by atoms with Crippen LogP contribution in [0.1, 0.15) is 12.5 Å². The van der Waals surface area contributed by atoms with Crippen LogP contribution >= 0.6 is 11.6 Å².